The quantitative estimate of drug-likeness (QED) is 0.276. The van der Waals surface area contributed by atoms with E-state index in [9.17, 15) is 9.59 Å². The number of allylic oxidation sites excluding steroid dienone is 4. The second kappa shape index (κ2) is 10.5. The fraction of sp³-hybridized carbons (Fsp3) is 0.200. The normalized spacial score (nSPS) is 13.2. The second-order valence-corrected chi connectivity index (χ2v) is 8.16. The minimum Gasteiger partial charge on any atom is -0.493 e. The summed E-state index contributed by atoms with van der Waals surface area (Å²) in [4.78, 5) is 34.3. The molecule has 1 N–H and O–H groups in total. The number of ether oxygens (including phenoxy) is 3. The Kier molecular flexibility index (Phi) is 7.24. The molecule has 9 heteroatoms. The number of fused-ring (bicyclic) bond motifs is 1. The van der Waals surface area contributed by atoms with Gasteiger partial charge in [0.15, 0.2) is 23.1 Å². The lowest BCUT2D eigenvalue weighted by Gasteiger charge is -2.17. The van der Waals surface area contributed by atoms with Gasteiger partial charge in [-0.15, -0.1) is 11.8 Å². The summed E-state index contributed by atoms with van der Waals surface area (Å²) in [6, 6.07) is 9.27. The summed E-state index contributed by atoms with van der Waals surface area (Å²) in [5, 5.41) is 4.02. The minimum absolute atomic E-state index is 0.228. The lowest BCUT2D eigenvalue weighted by molar-refractivity contribution is -0.113. The van der Waals surface area contributed by atoms with Crippen molar-refractivity contribution in [1.29, 1.82) is 0 Å². The summed E-state index contributed by atoms with van der Waals surface area (Å²) in [5.74, 6) is 1.14. The zero-order valence-corrected chi connectivity index (χ0v) is 19.8. The molecule has 0 radical (unpaired) electrons. The van der Waals surface area contributed by atoms with Crippen molar-refractivity contribution in [3.05, 3.63) is 60.5 Å². The van der Waals surface area contributed by atoms with Crippen molar-refractivity contribution in [2.45, 2.75) is 4.90 Å². The number of carbonyl (C=O) groups excluding carboxylic acids is 2. The highest BCUT2D eigenvalue weighted by Gasteiger charge is 2.20. The van der Waals surface area contributed by atoms with Crippen LogP contribution < -0.4 is 14.8 Å². The van der Waals surface area contributed by atoms with Gasteiger partial charge in [-0.05, 0) is 48.7 Å². The van der Waals surface area contributed by atoms with Gasteiger partial charge >= 0.3 is 0 Å². The molecule has 0 saturated carbocycles. The molecule has 1 aromatic heterocycles. The Bertz CT molecular complexity index is 1320. The van der Waals surface area contributed by atoms with Gasteiger partial charge in [0.1, 0.15) is 18.8 Å². The molecule has 2 aromatic carbocycles. The number of rotatable bonds is 9. The first-order valence-corrected chi connectivity index (χ1v) is 11.6. The van der Waals surface area contributed by atoms with Gasteiger partial charge in [0, 0.05) is 40.3 Å². The third-order valence-electron chi connectivity index (χ3n) is 5.19. The van der Waals surface area contributed by atoms with E-state index < -0.39 is 0 Å². The molecule has 0 saturated heterocycles. The molecule has 1 aliphatic carbocycles. The Labute approximate surface area is 201 Å². The summed E-state index contributed by atoms with van der Waals surface area (Å²) in [7, 11) is 3.17. The summed E-state index contributed by atoms with van der Waals surface area (Å²) < 4.78 is 16.3. The van der Waals surface area contributed by atoms with Crippen LogP contribution in [0.1, 0.15) is 5.56 Å². The van der Waals surface area contributed by atoms with Crippen LogP contribution in [0.4, 0.5) is 11.5 Å². The van der Waals surface area contributed by atoms with E-state index in [4.69, 9.17) is 14.2 Å². The number of thioether (sulfide) groups is 1. The van der Waals surface area contributed by atoms with Crippen LogP contribution in [0.2, 0.25) is 0 Å². The number of benzene rings is 2. The van der Waals surface area contributed by atoms with Gasteiger partial charge in [0.25, 0.3) is 0 Å². The Morgan fingerprint density at radius 3 is 2.62 bits per heavy atom. The van der Waals surface area contributed by atoms with Crippen LogP contribution >= 0.6 is 11.8 Å². The SMILES string of the molecule is COCCOc1cc2ncnc(Nc3ccc(SC)cc3C3=CC(=O)C=CC3=O)c2cc1OC. The van der Waals surface area contributed by atoms with Crippen LogP contribution in [0.5, 0.6) is 11.5 Å². The van der Waals surface area contributed by atoms with Gasteiger partial charge in [0.05, 0.1) is 19.2 Å². The Balaban J connectivity index is 1.77. The summed E-state index contributed by atoms with van der Waals surface area (Å²) in [5.41, 5.74) is 2.24. The minimum atomic E-state index is -0.229. The Morgan fingerprint density at radius 2 is 1.85 bits per heavy atom. The first kappa shape index (κ1) is 23.5. The highest BCUT2D eigenvalue weighted by Crippen LogP contribution is 2.37. The summed E-state index contributed by atoms with van der Waals surface area (Å²) >= 11 is 1.55. The first-order valence-electron chi connectivity index (χ1n) is 10.4. The lowest BCUT2D eigenvalue weighted by Crippen LogP contribution is -2.09. The van der Waals surface area contributed by atoms with E-state index in [0.29, 0.717) is 58.3 Å². The number of anilines is 2. The van der Waals surface area contributed by atoms with Crippen molar-refractivity contribution in [2.75, 3.05) is 39.0 Å². The van der Waals surface area contributed by atoms with Crippen LogP contribution in [0.25, 0.3) is 16.5 Å². The van der Waals surface area contributed by atoms with Crippen molar-refractivity contribution >= 4 is 51.3 Å². The first-order chi connectivity index (χ1) is 16.5. The summed E-state index contributed by atoms with van der Waals surface area (Å²) in [6.45, 7) is 0.814. The number of nitrogens with zero attached hydrogens (tertiary/aromatic N) is 2. The molecule has 0 bridgehead atoms. The predicted molar refractivity (Wildman–Crippen MR) is 132 cm³/mol. The smallest absolute Gasteiger partial charge is 0.186 e. The molecular weight excluding hydrogens is 454 g/mol. The number of carbonyl (C=O) groups is 2. The molecule has 0 unspecified atom stereocenters. The fourth-order valence-electron chi connectivity index (χ4n) is 3.50. The van der Waals surface area contributed by atoms with E-state index in [1.54, 1.807) is 38.1 Å². The maximum Gasteiger partial charge on any atom is 0.186 e. The molecule has 174 valence electrons. The molecule has 0 spiro atoms. The maximum absolute atomic E-state index is 12.6. The van der Waals surface area contributed by atoms with Gasteiger partial charge in [-0.25, -0.2) is 9.97 Å². The maximum atomic E-state index is 12.6. The molecule has 34 heavy (non-hydrogen) atoms. The number of hydrogen-bond donors (Lipinski definition) is 1. The fourth-order valence-corrected chi connectivity index (χ4v) is 3.94. The van der Waals surface area contributed by atoms with Crippen LogP contribution in [0, 0.1) is 0 Å². The molecule has 0 aliphatic heterocycles. The van der Waals surface area contributed by atoms with E-state index in [2.05, 4.69) is 15.3 Å². The largest absolute Gasteiger partial charge is 0.493 e. The van der Waals surface area contributed by atoms with Crippen LogP contribution in [-0.4, -0.2) is 55.2 Å². The number of aromatic nitrogens is 2. The second-order valence-electron chi connectivity index (χ2n) is 7.28. The molecule has 0 fully saturated rings. The molecule has 8 nitrogen and oxygen atoms in total. The standard InChI is InChI=1S/C25H23N3O5S/c1-31-8-9-33-24-13-21-19(12-23(24)32-2)25(27-14-26-21)28-20-6-5-16(34-3)11-17(20)18-10-15(29)4-7-22(18)30/h4-7,10-14H,8-9H2,1-3H3,(H,26,27,28). The molecule has 1 aliphatic rings. The molecule has 1 heterocycles. The number of ketones is 2. The predicted octanol–water partition coefficient (Wildman–Crippen LogP) is 4.22. The molecular formula is C25H23N3O5S. The zero-order chi connectivity index (χ0) is 24.1. The van der Waals surface area contributed by atoms with Crippen molar-refractivity contribution in [2.24, 2.45) is 0 Å². The van der Waals surface area contributed by atoms with Gasteiger partial charge in [-0.1, -0.05) is 0 Å². The third kappa shape index (κ3) is 4.95. The van der Waals surface area contributed by atoms with Gasteiger partial charge in [-0.2, -0.15) is 0 Å². The van der Waals surface area contributed by atoms with Crippen LogP contribution in [0.3, 0.4) is 0 Å². The average molecular weight is 478 g/mol. The average Bonchev–Trinajstić information content (AvgIpc) is 2.85. The third-order valence-corrected chi connectivity index (χ3v) is 5.91. The monoisotopic (exact) mass is 477 g/mol. The van der Waals surface area contributed by atoms with Crippen LogP contribution in [0.15, 0.2) is 59.8 Å². The topological polar surface area (TPSA) is 99.6 Å². The van der Waals surface area contributed by atoms with Gasteiger partial charge < -0.3 is 19.5 Å². The van der Waals surface area contributed by atoms with Gasteiger partial charge in [-0.3, -0.25) is 9.59 Å². The van der Waals surface area contributed by atoms with E-state index in [-0.39, 0.29) is 11.6 Å². The highest BCUT2D eigenvalue weighted by molar-refractivity contribution is 7.98. The van der Waals surface area contributed by atoms with Crippen molar-refractivity contribution < 1.29 is 23.8 Å². The Hall–Kier alpha value is -3.69. The van der Waals surface area contributed by atoms with Crippen molar-refractivity contribution in [1.82, 2.24) is 9.97 Å². The van der Waals surface area contributed by atoms with Crippen molar-refractivity contribution in [3.63, 3.8) is 0 Å². The van der Waals surface area contributed by atoms with E-state index in [0.717, 1.165) is 4.90 Å². The molecule has 0 atom stereocenters. The van der Waals surface area contributed by atoms with Crippen LogP contribution in [-0.2, 0) is 14.3 Å². The van der Waals surface area contributed by atoms with E-state index in [1.165, 1.54) is 24.6 Å². The number of methoxy groups -OCH3 is 2. The van der Waals surface area contributed by atoms with Crippen molar-refractivity contribution in [3.8, 4) is 11.5 Å². The highest BCUT2D eigenvalue weighted by atomic mass is 32.2. The van der Waals surface area contributed by atoms with E-state index >= 15 is 0 Å². The number of hydrogen-bond acceptors (Lipinski definition) is 9. The lowest BCUT2D eigenvalue weighted by atomic mass is 9.95. The number of nitrogens with one attached hydrogen (secondary N) is 1. The zero-order valence-electron chi connectivity index (χ0n) is 19.0. The summed E-state index contributed by atoms with van der Waals surface area (Å²) in [6.07, 6.45) is 7.32. The molecule has 4 rings (SSSR count). The van der Waals surface area contributed by atoms with E-state index in [1.807, 2.05) is 24.5 Å². The molecule has 3 aromatic rings. The Morgan fingerprint density at radius 1 is 1.00 bits per heavy atom. The molecule has 0 amide bonds. The van der Waals surface area contributed by atoms with Gasteiger partial charge in [0.2, 0.25) is 0 Å².